The molecular formula is C16H13N3O2S. The van der Waals surface area contributed by atoms with Crippen LogP contribution in [0.3, 0.4) is 0 Å². The van der Waals surface area contributed by atoms with Crippen LogP contribution < -0.4 is 4.90 Å². The van der Waals surface area contributed by atoms with Crippen molar-refractivity contribution in [1.82, 2.24) is 9.88 Å². The number of thiazole rings is 1. The van der Waals surface area contributed by atoms with Crippen LogP contribution in [-0.2, 0) is 9.59 Å². The van der Waals surface area contributed by atoms with Gasteiger partial charge >= 0.3 is 0 Å². The van der Waals surface area contributed by atoms with Gasteiger partial charge in [0.05, 0.1) is 0 Å². The average Bonchev–Trinajstić information content (AvgIpc) is 3.07. The zero-order chi connectivity index (χ0) is 15.4. The Kier molecular flexibility index (Phi) is 4.17. The third kappa shape index (κ3) is 3.15. The molecule has 22 heavy (non-hydrogen) atoms. The molecule has 110 valence electrons. The maximum atomic E-state index is 12.1. The molecule has 2 amide bonds. The van der Waals surface area contributed by atoms with Gasteiger partial charge in [-0.2, -0.15) is 0 Å². The summed E-state index contributed by atoms with van der Waals surface area (Å²) in [5.74, 6) is 4.96. The zero-order valence-electron chi connectivity index (χ0n) is 11.7. The normalized spacial score (nSPS) is 14.5. The molecule has 0 bridgehead atoms. The first-order valence-corrected chi connectivity index (χ1v) is 7.68. The third-order valence-electron chi connectivity index (χ3n) is 3.25. The Morgan fingerprint density at radius 1 is 1.23 bits per heavy atom. The molecule has 0 aliphatic carbocycles. The van der Waals surface area contributed by atoms with Crippen LogP contribution >= 0.6 is 11.3 Å². The van der Waals surface area contributed by atoms with Crippen LogP contribution in [0.2, 0.25) is 0 Å². The molecule has 0 N–H and O–H groups in total. The lowest BCUT2D eigenvalue weighted by atomic mass is 10.2. The predicted octanol–water partition coefficient (Wildman–Crippen LogP) is 1.37. The van der Waals surface area contributed by atoms with E-state index in [2.05, 4.69) is 16.8 Å². The lowest BCUT2D eigenvalue weighted by molar-refractivity contribution is -0.132. The molecule has 0 atom stereocenters. The number of benzene rings is 1. The summed E-state index contributed by atoms with van der Waals surface area (Å²) in [6, 6.07) is 9.30. The number of anilines is 1. The molecule has 6 heteroatoms. The standard InChI is InChI=1S/C16H13N3O2S/c20-14(7-6-13-4-2-1-3-5-13)18-9-10-19(15(21)12-18)16-17-8-11-22-16/h1-5,8,11H,9-10,12H2. The summed E-state index contributed by atoms with van der Waals surface area (Å²) in [7, 11) is 0. The van der Waals surface area contributed by atoms with Gasteiger partial charge in [-0.25, -0.2) is 4.98 Å². The fourth-order valence-electron chi connectivity index (χ4n) is 2.12. The van der Waals surface area contributed by atoms with Crippen LogP contribution in [0.25, 0.3) is 0 Å². The van der Waals surface area contributed by atoms with E-state index in [0.717, 1.165) is 5.56 Å². The number of hydrogen-bond donors (Lipinski definition) is 0. The van der Waals surface area contributed by atoms with Gasteiger partial charge in [-0.1, -0.05) is 24.1 Å². The van der Waals surface area contributed by atoms with E-state index in [1.165, 1.54) is 16.2 Å². The lowest BCUT2D eigenvalue weighted by Crippen LogP contribution is -2.52. The van der Waals surface area contributed by atoms with E-state index in [-0.39, 0.29) is 18.4 Å². The fourth-order valence-corrected chi connectivity index (χ4v) is 2.81. The van der Waals surface area contributed by atoms with Gasteiger partial charge in [-0.05, 0) is 12.1 Å². The number of carbonyl (C=O) groups excluding carboxylic acids is 2. The van der Waals surface area contributed by atoms with E-state index >= 15 is 0 Å². The number of carbonyl (C=O) groups is 2. The number of hydrogen-bond acceptors (Lipinski definition) is 4. The number of amides is 2. The maximum Gasteiger partial charge on any atom is 0.299 e. The molecule has 1 aliphatic rings. The Bertz CT molecular complexity index is 732. The number of rotatable bonds is 1. The SMILES string of the molecule is O=C(C#Cc1ccccc1)N1CCN(c2nccs2)C(=O)C1. The summed E-state index contributed by atoms with van der Waals surface area (Å²) in [6.45, 7) is 0.959. The van der Waals surface area contributed by atoms with Gasteiger partial charge in [-0.3, -0.25) is 14.5 Å². The Hall–Kier alpha value is -2.65. The van der Waals surface area contributed by atoms with Crippen LogP contribution in [0.15, 0.2) is 41.9 Å². The largest absolute Gasteiger partial charge is 0.321 e. The first-order chi connectivity index (χ1) is 10.7. The summed E-state index contributed by atoms with van der Waals surface area (Å²) in [6.07, 6.45) is 1.66. The van der Waals surface area contributed by atoms with Crippen molar-refractivity contribution in [2.75, 3.05) is 24.5 Å². The average molecular weight is 311 g/mol. The highest BCUT2D eigenvalue weighted by Crippen LogP contribution is 2.19. The molecule has 5 nitrogen and oxygen atoms in total. The minimum Gasteiger partial charge on any atom is -0.321 e. The highest BCUT2D eigenvalue weighted by atomic mass is 32.1. The van der Waals surface area contributed by atoms with Crippen molar-refractivity contribution in [1.29, 1.82) is 0 Å². The van der Waals surface area contributed by atoms with E-state index < -0.39 is 0 Å². The number of piperazine rings is 1. The van der Waals surface area contributed by atoms with E-state index in [4.69, 9.17) is 0 Å². The second-order valence-electron chi connectivity index (χ2n) is 4.70. The topological polar surface area (TPSA) is 53.5 Å². The molecule has 1 aromatic heterocycles. The zero-order valence-corrected chi connectivity index (χ0v) is 12.5. The van der Waals surface area contributed by atoms with Gasteiger partial charge in [0.15, 0.2) is 5.13 Å². The molecule has 3 rings (SSSR count). The van der Waals surface area contributed by atoms with Crippen molar-refractivity contribution in [2.45, 2.75) is 0 Å². The smallest absolute Gasteiger partial charge is 0.299 e. The van der Waals surface area contributed by atoms with Crippen LogP contribution in [0.4, 0.5) is 5.13 Å². The van der Waals surface area contributed by atoms with Crippen LogP contribution in [0.1, 0.15) is 5.56 Å². The van der Waals surface area contributed by atoms with Crippen LogP contribution in [0, 0.1) is 11.8 Å². The van der Waals surface area contributed by atoms with Gasteiger partial charge in [0.25, 0.3) is 5.91 Å². The van der Waals surface area contributed by atoms with Crippen molar-refractivity contribution in [2.24, 2.45) is 0 Å². The lowest BCUT2D eigenvalue weighted by Gasteiger charge is -2.31. The van der Waals surface area contributed by atoms with Gasteiger partial charge in [-0.15, -0.1) is 11.3 Å². The van der Waals surface area contributed by atoms with Crippen molar-refractivity contribution in [3.8, 4) is 11.8 Å². The Balaban J connectivity index is 1.64. The van der Waals surface area contributed by atoms with Gasteiger partial charge < -0.3 is 4.90 Å². The predicted molar refractivity (Wildman–Crippen MR) is 84.4 cm³/mol. The minimum absolute atomic E-state index is 0.0435. The second-order valence-corrected chi connectivity index (χ2v) is 5.58. The molecule has 2 heterocycles. The van der Waals surface area contributed by atoms with Crippen molar-refractivity contribution in [3.05, 3.63) is 47.5 Å². The quantitative estimate of drug-likeness (QED) is 0.748. The molecule has 2 aromatic rings. The summed E-state index contributed by atoms with van der Waals surface area (Å²) in [5, 5.41) is 2.50. The number of nitrogens with zero attached hydrogens (tertiary/aromatic N) is 3. The first-order valence-electron chi connectivity index (χ1n) is 6.80. The van der Waals surface area contributed by atoms with Crippen LogP contribution in [-0.4, -0.2) is 41.3 Å². The van der Waals surface area contributed by atoms with Crippen molar-refractivity contribution in [3.63, 3.8) is 0 Å². The Morgan fingerprint density at radius 3 is 2.73 bits per heavy atom. The molecule has 1 fully saturated rings. The van der Waals surface area contributed by atoms with Crippen LogP contribution in [0.5, 0.6) is 0 Å². The van der Waals surface area contributed by atoms with E-state index in [9.17, 15) is 9.59 Å². The van der Waals surface area contributed by atoms with E-state index in [1.807, 2.05) is 35.7 Å². The monoisotopic (exact) mass is 311 g/mol. The molecule has 0 radical (unpaired) electrons. The summed E-state index contributed by atoms with van der Waals surface area (Å²) in [5.41, 5.74) is 0.781. The molecule has 1 aromatic carbocycles. The fraction of sp³-hybridized carbons (Fsp3) is 0.188. The number of aromatic nitrogens is 1. The highest BCUT2D eigenvalue weighted by Gasteiger charge is 2.28. The third-order valence-corrected chi connectivity index (χ3v) is 4.04. The highest BCUT2D eigenvalue weighted by molar-refractivity contribution is 7.13. The second kappa shape index (κ2) is 6.41. The summed E-state index contributed by atoms with van der Waals surface area (Å²) < 4.78 is 0. The first kappa shape index (κ1) is 14.3. The molecule has 1 saturated heterocycles. The van der Waals surface area contributed by atoms with E-state index in [0.29, 0.717) is 18.2 Å². The molecule has 0 spiro atoms. The Labute approximate surface area is 132 Å². The molecule has 0 unspecified atom stereocenters. The van der Waals surface area contributed by atoms with E-state index in [1.54, 1.807) is 11.1 Å². The summed E-state index contributed by atoms with van der Waals surface area (Å²) in [4.78, 5) is 31.4. The molecule has 0 saturated carbocycles. The molecular weight excluding hydrogens is 298 g/mol. The van der Waals surface area contributed by atoms with Gasteiger partial charge in [0, 0.05) is 36.2 Å². The maximum absolute atomic E-state index is 12.1. The Morgan fingerprint density at radius 2 is 2.05 bits per heavy atom. The summed E-state index contributed by atoms with van der Waals surface area (Å²) >= 11 is 1.41. The minimum atomic E-state index is -0.323. The van der Waals surface area contributed by atoms with Crippen molar-refractivity contribution < 1.29 is 9.59 Å². The van der Waals surface area contributed by atoms with Crippen molar-refractivity contribution >= 4 is 28.3 Å². The van der Waals surface area contributed by atoms with Gasteiger partial charge in [0.1, 0.15) is 6.54 Å². The molecule has 1 aliphatic heterocycles. The van der Waals surface area contributed by atoms with Gasteiger partial charge in [0.2, 0.25) is 5.91 Å².